The first kappa shape index (κ1) is 16.8. The van der Waals surface area contributed by atoms with Crippen molar-refractivity contribution in [1.82, 2.24) is 9.78 Å². The van der Waals surface area contributed by atoms with Crippen LogP contribution in [-0.2, 0) is 11.2 Å². The van der Waals surface area contributed by atoms with Gasteiger partial charge in [0, 0.05) is 29.3 Å². The van der Waals surface area contributed by atoms with Crippen molar-refractivity contribution in [2.75, 3.05) is 0 Å². The minimum absolute atomic E-state index is 0.0859. The van der Waals surface area contributed by atoms with Gasteiger partial charge in [0.05, 0.1) is 18.3 Å². The average Bonchev–Trinajstić information content (AvgIpc) is 3.10. The number of ether oxygens (including phenoxy) is 1. The molecule has 2 heterocycles. The summed E-state index contributed by atoms with van der Waals surface area (Å²) in [5.41, 5.74) is 2.43. The number of aryl methyl sites for hydroxylation is 1. The van der Waals surface area contributed by atoms with Crippen LogP contribution in [-0.4, -0.2) is 15.7 Å². The SMILES string of the molecule is Cc1cc(=O)oc2cc(OC(=O)Cc3cnn(-c4ccccc4)c3)ccc12. The third kappa shape index (κ3) is 3.64. The van der Waals surface area contributed by atoms with Crippen LogP contribution < -0.4 is 10.4 Å². The zero-order valence-electron chi connectivity index (χ0n) is 14.6. The molecular weight excluding hydrogens is 344 g/mol. The maximum absolute atomic E-state index is 12.2. The van der Waals surface area contributed by atoms with Crippen molar-refractivity contribution < 1.29 is 13.9 Å². The van der Waals surface area contributed by atoms with Gasteiger partial charge in [0.1, 0.15) is 11.3 Å². The number of aromatic nitrogens is 2. The van der Waals surface area contributed by atoms with Crippen LogP contribution in [0.1, 0.15) is 11.1 Å². The number of fused-ring (bicyclic) bond motifs is 1. The summed E-state index contributed by atoms with van der Waals surface area (Å²) in [6.07, 6.45) is 3.51. The fourth-order valence-corrected chi connectivity index (χ4v) is 2.88. The molecule has 0 atom stereocenters. The lowest BCUT2D eigenvalue weighted by Crippen LogP contribution is -2.11. The summed E-state index contributed by atoms with van der Waals surface area (Å²) in [6.45, 7) is 1.83. The van der Waals surface area contributed by atoms with E-state index < -0.39 is 11.6 Å². The summed E-state index contributed by atoms with van der Waals surface area (Å²) in [5, 5.41) is 5.07. The molecule has 2 aromatic carbocycles. The Kier molecular flexibility index (Phi) is 4.30. The van der Waals surface area contributed by atoms with Gasteiger partial charge in [-0.3, -0.25) is 4.79 Å². The molecule has 27 heavy (non-hydrogen) atoms. The van der Waals surface area contributed by atoms with Crippen molar-refractivity contribution in [3.8, 4) is 11.4 Å². The van der Waals surface area contributed by atoms with Crippen LogP contribution in [0.25, 0.3) is 16.7 Å². The van der Waals surface area contributed by atoms with Gasteiger partial charge in [-0.2, -0.15) is 5.10 Å². The number of nitrogens with zero attached hydrogens (tertiary/aromatic N) is 2. The van der Waals surface area contributed by atoms with Crippen LogP contribution in [0, 0.1) is 6.92 Å². The van der Waals surface area contributed by atoms with E-state index in [1.54, 1.807) is 35.3 Å². The van der Waals surface area contributed by atoms with E-state index in [0.29, 0.717) is 11.3 Å². The average molecular weight is 360 g/mol. The molecule has 0 saturated heterocycles. The maximum Gasteiger partial charge on any atom is 0.336 e. The molecule has 0 N–H and O–H groups in total. The lowest BCUT2D eigenvalue weighted by molar-refractivity contribution is -0.133. The van der Waals surface area contributed by atoms with E-state index in [4.69, 9.17) is 9.15 Å². The van der Waals surface area contributed by atoms with E-state index in [0.717, 1.165) is 22.2 Å². The lowest BCUT2D eigenvalue weighted by Gasteiger charge is -2.05. The fraction of sp³-hybridized carbons (Fsp3) is 0.0952. The van der Waals surface area contributed by atoms with E-state index in [9.17, 15) is 9.59 Å². The molecule has 0 spiro atoms. The van der Waals surface area contributed by atoms with Gasteiger partial charge in [-0.05, 0) is 36.8 Å². The molecule has 0 unspecified atom stereocenters. The summed E-state index contributed by atoms with van der Waals surface area (Å²) in [7, 11) is 0. The van der Waals surface area contributed by atoms with Gasteiger partial charge in [-0.15, -0.1) is 0 Å². The number of rotatable bonds is 4. The third-order valence-corrected chi connectivity index (χ3v) is 4.16. The van der Waals surface area contributed by atoms with Crippen LogP contribution >= 0.6 is 0 Å². The fourth-order valence-electron chi connectivity index (χ4n) is 2.88. The molecule has 0 bridgehead atoms. The Bertz CT molecular complexity index is 1180. The maximum atomic E-state index is 12.2. The van der Waals surface area contributed by atoms with Gasteiger partial charge >= 0.3 is 11.6 Å². The van der Waals surface area contributed by atoms with Gasteiger partial charge in [0.2, 0.25) is 0 Å². The molecule has 0 aliphatic carbocycles. The van der Waals surface area contributed by atoms with Crippen molar-refractivity contribution in [2.24, 2.45) is 0 Å². The molecule has 0 aliphatic rings. The van der Waals surface area contributed by atoms with Gasteiger partial charge in [0.15, 0.2) is 0 Å². The van der Waals surface area contributed by atoms with Gasteiger partial charge < -0.3 is 9.15 Å². The predicted octanol–water partition coefficient (Wildman–Crippen LogP) is 3.44. The minimum atomic E-state index is -0.434. The zero-order valence-corrected chi connectivity index (χ0v) is 14.6. The Morgan fingerprint density at radius 1 is 1.15 bits per heavy atom. The predicted molar refractivity (Wildman–Crippen MR) is 100 cm³/mol. The molecule has 4 rings (SSSR count). The minimum Gasteiger partial charge on any atom is -0.426 e. The molecule has 0 radical (unpaired) electrons. The molecule has 2 aromatic heterocycles. The Labute approximate surface area is 154 Å². The first-order valence-corrected chi connectivity index (χ1v) is 8.43. The summed E-state index contributed by atoms with van der Waals surface area (Å²) in [4.78, 5) is 23.8. The van der Waals surface area contributed by atoms with Crippen molar-refractivity contribution in [3.63, 3.8) is 0 Å². The van der Waals surface area contributed by atoms with E-state index in [1.165, 1.54) is 6.07 Å². The highest BCUT2D eigenvalue weighted by Crippen LogP contribution is 2.22. The number of hydrogen-bond donors (Lipinski definition) is 0. The molecule has 0 amide bonds. The normalized spacial score (nSPS) is 10.9. The highest BCUT2D eigenvalue weighted by atomic mass is 16.5. The molecule has 134 valence electrons. The first-order valence-electron chi connectivity index (χ1n) is 8.43. The van der Waals surface area contributed by atoms with Crippen molar-refractivity contribution in [2.45, 2.75) is 13.3 Å². The Hall–Kier alpha value is -3.67. The lowest BCUT2D eigenvalue weighted by atomic mass is 10.1. The molecule has 4 aromatic rings. The number of benzene rings is 2. The molecule has 6 nitrogen and oxygen atoms in total. The van der Waals surface area contributed by atoms with Crippen LogP contribution in [0.2, 0.25) is 0 Å². The first-order chi connectivity index (χ1) is 13.1. The van der Waals surface area contributed by atoms with E-state index in [2.05, 4.69) is 5.10 Å². The van der Waals surface area contributed by atoms with Gasteiger partial charge in [-0.1, -0.05) is 18.2 Å². The summed E-state index contributed by atoms with van der Waals surface area (Å²) < 4.78 is 12.3. The largest absolute Gasteiger partial charge is 0.426 e. The Balaban J connectivity index is 1.49. The zero-order chi connectivity index (χ0) is 18.8. The summed E-state index contributed by atoms with van der Waals surface area (Å²) >= 11 is 0. The highest BCUT2D eigenvalue weighted by molar-refractivity contribution is 5.82. The number of carbonyl (C=O) groups excluding carboxylic acids is 1. The number of hydrogen-bond acceptors (Lipinski definition) is 5. The Morgan fingerprint density at radius 2 is 1.96 bits per heavy atom. The standard InChI is InChI=1S/C21H16N2O4/c1-14-9-20(24)27-19-11-17(7-8-18(14)19)26-21(25)10-15-12-22-23(13-15)16-5-3-2-4-6-16/h2-9,11-13H,10H2,1H3. The molecule has 0 fully saturated rings. The molecule has 0 saturated carbocycles. The second-order valence-corrected chi connectivity index (χ2v) is 6.19. The second kappa shape index (κ2) is 6.92. The second-order valence-electron chi connectivity index (χ2n) is 6.19. The smallest absolute Gasteiger partial charge is 0.336 e. The number of para-hydroxylation sites is 1. The van der Waals surface area contributed by atoms with Crippen LogP contribution in [0.3, 0.4) is 0 Å². The quantitative estimate of drug-likeness (QED) is 0.317. The molecule has 0 aliphatic heterocycles. The van der Waals surface area contributed by atoms with Crippen LogP contribution in [0.5, 0.6) is 5.75 Å². The van der Waals surface area contributed by atoms with E-state index in [-0.39, 0.29) is 6.42 Å². The third-order valence-electron chi connectivity index (χ3n) is 4.16. The van der Waals surface area contributed by atoms with Crippen LogP contribution in [0.4, 0.5) is 0 Å². The van der Waals surface area contributed by atoms with E-state index in [1.807, 2.05) is 37.3 Å². The van der Waals surface area contributed by atoms with Crippen LogP contribution in [0.15, 0.2) is 76.2 Å². The van der Waals surface area contributed by atoms with Gasteiger partial charge in [0.25, 0.3) is 0 Å². The molecular formula is C21H16N2O4. The Morgan fingerprint density at radius 3 is 2.78 bits per heavy atom. The summed E-state index contributed by atoms with van der Waals surface area (Å²) in [6, 6.07) is 16.1. The van der Waals surface area contributed by atoms with E-state index >= 15 is 0 Å². The number of carbonyl (C=O) groups is 1. The van der Waals surface area contributed by atoms with Crippen molar-refractivity contribution >= 4 is 16.9 Å². The van der Waals surface area contributed by atoms with Gasteiger partial charge in [-0.25, -0.2) is 9.48 Å². The topological polar surface area (TPSA) is 74.3 Å². The highest BCUT2D eigenvalue weighted by Gasteiger charge is 2.11. The van der Waals surface area contributed by atoms with Crippen molar-refractivity contribution in [3.05, 3.63) is 88.5 Å². The summed E-state index contributed by atoms with van der Waals surface area (Å²) in [5.74, 6) is -0.0892. The number of esters is 1. The molecule has 6 heteroatoms. The van der Waals surface area contributed by atoms with Crippen molar-refractivity contribution in [1.29, 1.82) is 0 Å². The monoisotopic (exact) mass is 360 g/mol.